The van der Waals surface area contributed by atoms with E-state index in [9.17, 15) is 0 Å². The standard InChI is InChI=1S/C4H6N2OS/c1-5-4-3(7)2-6-8-4/h2,5,7H,1H3. The van der Waals surface area contributed by atoms with Crippen LogP contribution >= 0.6 is 11.5 Å². The molecule has 8 heavy (non-hydrogen) atoms. The maximum atomic E-state index is 8.84. The van der Waals surface area contributed by atoms with Crippen LogP contribution in [0, 0.1) is 0 Å². The maximum Gasteiger partial charge on any atom is 0.170 e. The van der Waals surface area contributed by atoms with E-state index in [2.05, 4.69) is 9.69 Å². The van der Waals surface area contributed by atoms with E-state index >= 15 is 0 Å². The Kier molecular flexibility index (Phi) is 1.34. The Hall–Kier alpha value is -0.770. The summed E-state index contributed by atoms with van der Waals surface area (Å²) in [6.07, 6.45) is 1.41. The van der Waals surface area contributed by atoms with Gasteiger partial charge in [-0.05, 0) is 11.5 Å². The number of hydrogen-bond acceptors (Lipinski definition) is 4. The number of aromatic nitrogens is 1. The number of anilines is 1. The van der Waals surface area contributed by atoms with Gasteiger partial charge >= 0.3 is 0 Å². The van der Waals surface area contributed by atoms with Crippen molar-refractivity contribution in [2.75, 3.05) is 12.4 Å². The smallest absolute Gasteiger partial charge is 0.170 e. The van der Waals surface area contributed by atoms with Crippen LogP contribution in [-0.4, -0.2) is 16.5 Å². The second-order valence-corrected chi connectivity index (χ2v) is 2.09. The highest BCUT2D eigenvalue weighted by atomic mass is 32.1. The molecule has 0 spiro atoms. The van der Waals surface area contributed by atoms with Crippen molar-refractivity contribution in [2.24, 2.45) is 0 Å². The van der Waals surface area contributed by atoms with Crippen LogP contribution in [-0.2, 0) is 0 Å². The molecule has 0 aliphatic rings. The molecule has 0 atom stereocenters. The number of aromatic hydroxyl groups is 1. The first-order chi connectivity index (χ1) is 3.84. The third-order valence-corrected chi connectivity index (χ3v) is 1.59. The molecule has 44 valence electrons. The van der Waals surface area contributed by atoms with Crippen LogP contribution in [0.2, 0.25) is 0 Å². The van der Waals surface area contributed by atoms with E-state index in [1.807, 2.05) is 0 Å². The van der Waals surface area contributed by atoms with Crippen molar-refractivity contribution in [1.29, 1.82) is 0 Å². The Morgan fingerprint density at radius 1 is 1.88 bits per heavy atom. The monoisotopic (exact) mass is 130 g/mol. The van der Waals surface area contributed by atoms with Crippen molar-refractivity contribution in [1.82, 2.24) is 4.37 Å². The van der Waals surface area contributed by atoms with Gasteiger partial charge in [0.05, 0.1) is 6.20 Å². The lowest BCUT2D eigenvalue weighted by atomic mass is 10.6. The summed E-state index contributed by atoms with van der Waals surface area (Å²) in [6.45, 7) is 0. The Morgan fingerprint density at radius 2 is 2.62 bits per heavy atom. The van der Waals surface area contributed by atoms with Crippen molar-refractivity contribution in [2.45, 2.75) is 0 Å². The summed E-state index contributed by atoms with van der Waals surface area (Å²) in [5.41, 5.74) is 0. The topological polar surface area (TPSA) is 45.2 Å². The van der Waals surface area contributed by atoms with Crippen molar-refractivity contribution in [3.05, 3.63) is 6.20 Å². The van der Waals surface area contributed by atoms with Gasteiger partial charge < -0.3 is 10.4 Å². The average molecular weight is 130 g/mol. The molecular formula is C4H6N2OS. The molecular weight excluding hydrogens is 124 g/mol. The first-order valence-corrected chi connectivity index (χ1v) is 2.93. The van der Waals surface area contributed by atoms with Gasteiger partial charge in [-0.25, -0.2) is 0 Å². The van der Waals surface area contributed by atoms with E-state index in [-0.39, 0.29) is 5.75 Å². The molecule has 0 bridgehead atoms. The molecule has 3 nitrogen and oxygen atoms in total. The van der Waals surface area contributed by atoms with E-state index < -0.39 is 0 Å². The summed E-state index contributed by atoms with van der Waals surface area (Å²) >= 11 is 1.24. The fourth-order valence-electron chi connectivity index (χ4n) is 0.408. The molecule has 0 aliphatic carbocycles. The van der Waals surface area contributed by atoms with Crippen molar-refractivity contribution in [3.8, 4) is 5.75 Å². The van der Waals surface area contributed by atoms with Gasteiger partial charge in [-0.2, -0.15) is 4.37 Å². The Balaban J connectivity index is 2.92. The molecule has 0 fully saturated rings. The first-order valence-electron chi connectivity index (χ1n) is 2.16. The van der Waals surface area contributed by atoms with Crippen LogP contribution in [0.3, 0.4) is 0 Å². The zero-order chi connectivity index (χ0) is 5.98. The van der Waals surface area contributed by atoms with Gasteiger partial charge in [0, 0.05) is 7.05 Å². The Morgan fingerprint density at radius 3 is 2.88 bits per heavy atom. The third kappa shape index (κ3) is 0.742. The molecule has 1 aromatic heterocycles. The van der Waals surface area contributed by atoms with E-state index in [1.165, 1.54) is 17.7 Å². The van der Waals surface area contributed by atoms with Gasteiger partial charge in [-0.15, -0.1) is 0 Å². The van der Waals surface area contributed by atoms with E-state index in [4.69, 9.17) is 5.11 Å². The summed E-state index contributed by atoms with van der Waals surface area (Å²) in [4.78, 5) is 0. The van der Waals surface area contributed by atoms with Gasteiger partial charge in [0.1, 0.15) is 0 Å². The zero-order valence-electron chi connectivity index (χ0n) is 4.38. The molecule has 0 saturated carbocycles. The predicted octanol–water partition coefficient (Wildman–Crippen LogP) is 0.890. The SMILES string of the molecule is CNc1sncc1O. The molecule has 0 amide bonds. The summed E-state index contributed by atoms with van der Waals surface area (Å²) in [7, 11) is 1.74. The fraction of sp³-hybridized carbons (Fsp3) is 0.250. The number of hydrogen-bond donors (Lipinski definition) is 2. The normalized spacial score (nSPS) is 9.12. The molecule has 1 aromatic rings. The fourth-order valence-corrected chi connectivity index (χ4v) is 0.904. The molecule has 1 heterocycles. The van der Waals surface area contributed by atoms with E-state index in [1.54, 1.807) is 7.05 Å². The van der Waals surface area contributed by atoms with Gasteiger partial charge in [-0.1, -0.05) is 0 Å². The number of nitrogens with zero attached hydrogens (tertiary/aromatic N) is 1. The van der Waals surface area contributed by atoms with E-state index in [0.717, 1.165) is 0 Å². The molecule has 0 radical (unpaired) electrons. The third-order valence-electron chi connectivity index (χ3n) is 0.779. The lowest BCUT2D eigenvalue weighted by molar-refractivity contribution is 0.478. The predicted molar refractivity (Wildman–Crippen MR) is 33.3 cm³/mol. The quantitative estimate of drug-likeness (QED) is 0.593. The second kappa shape index (κ2) is 2.00. The van der Waals surface area contributed by atoms with Crippen LogP contribution in [0.15, 0.2) is 6.20 Å². The lowest BCUT2D eigenvalue weighted by Crippen LogP contribution is -1.81. The summed E-state index contributed by atoms with van der Waals surface area (Å²) in [5.74, 6) is 0.220. The van der Waals surface area contributed by atoms with Crippen LogP contribution < -0.4 is 5.32 Å². The average Bonchev–Trinajstić information content (AvgIpc) is 2.14. The van der Waals surface area contributed by atoms with Crippen LogP contribution in [0.5, 0.6) is 5.75 Å². The Labute approximate surface area is 51.1 Å². The highest BCUT2D eigenvalue weighted by Crippen LogP contribution is 2.25. The Bertz CT molecular complexity index is 174. The molecule has 4 heteroatoms. The highest BCUT2D eigenvalue weighted by molar-refractivity contribution is 7.10. The van der Waals surface area contributed by atoms with Gasteiger partial charge in [-0.3, -0.25) is 0 Å². The van der Waals surface area contributed by atoms with Crippen molar-refractivity contribution in [3.63, 3.8) is 0 Å². The summed E-state index contributed by atoms with van der Waals surface area (Å²) in [5, 5.41) is 12.3. The first kappa shape index (κ1) is 5.37. The van der Waals surface area contributed by atoms with Crippen LogP contribution in [0.25, 0.3) is 0 Å². The second-order valence-electron chi connectivity index (χ2n) is 1.29. The molecule has 1 rings (SSSR count). The molecule has 0 aliphatic heterocycles. The highest BCUT2D eigenvalue weighted by Gasteiger charge is 1.97. The molecule has 0 saturated heterocycles. The van der Waals surface area contributed by atoms with Gasteiger partial charge in [0.2, 0.25) is 0 Å². The number of rotatable bonds is 1. The minimum Gasteiger partial charge on any atom is -0.504 e. The minimum atomic E-state index is 0.220. The zero-order valence-corrected chi connectivity index (χ0v) is 5.20. The molecule has 2 N–H and O–H groups in total. The van der Waals surface area contributed by atoms with Crippen molar-refractivity contribution < 1.29 is 5.11 Å². The van der Waals surface area contributed by atoms with Gasteiger partial charge in [0.15, 0.2) is 10.8 Å². The maximum absolute atomic E-state index is 8.84. The van der Waals surface area contributed by atoms with Gasteiger partial charge in [0.25, 0.3) is 0 Å². The van der Waals surface area contributed by atoms with E-state index in [0.29, 0.717) is 5.00 Å². The largest absolute Gasteiger partial charge is 0.504 e. The molecule has 0 unspecified atom stereocenters. The van der Waals surface area contributed by atoms with Crippen LogP contribution in [0.1, 0.15) is 0 Å². The molecule has 0 aromatic carbocycles. The minimum absolute atomic E-state index is 0.220. The number of nitrogens with one attached hydrogen (secondary N) is 1. The van der Waals surface area contributed by atoms with Crippen molar-refractivity contribution >= 4 is 16.5 Å². The van der Waals surface area contributed by atoms with Crippen LogP contribution in [0.4, 0.5) is 5.00 Å². The summed E-state index contributed by atoms with van der Waals surface area (Å²) in [6, 6.07) is 0. The lowest BCUT2D eigenvalue weighted by Gasteiger charge is -1.89. The summed E-state index contributed by atoms with van der Waals surface area (Å²) < 4.78 is 3.72.